The van der Waals surface area contributed by atoms with Gasteiger partial charge in [0.25, 0.3) is 0 Å². The van der Waals surface area contributed by atoms with E-state index < -0.39 is 0 Å². The molecule has 22 rings (SSSR count). The fourth-order valence-electron chi connectivity index (χ4n) is 19.7. The first-order valence-electron chi connectivity index (χ1n) is 45.0. The van der Waals surface area contributed by atoms with Gasteiger partial charge < -0.3 is 37.9 Å². The van der Waals surface area contributed by atoms with E-state index in [0.29, 0.717) is 11.8 Å². The van der Waals surface area contributed by atoms with Crippen LogP contribution in [0.2, 0.25) is 0 Å². The van der Waals surface area contributed by atoms with Crippen LogP contribution in [0.15, 0.2) is 400 Å². The zero-order valence-electron chi connectivity index (χ0n) is 74.7. The van der Waals surface area contributed by atoms with Gasteiger partial charge in [0.2, 0.25) is 0 Å². The predicted molar refractivity (Wildman–Crippen MR) is 529 cm³/mol. The molecule has 628 valence electrons. The lowest BCUT2D eigenvalue weighted by Crippen LogP contribution is -2.37. The van der Waals surface area contributed by atoms with Gasteiger partial charge >= 0.3 is 0 Å². The lowest BCUT2D eigenvalue weighted by Gasteiger charge is -2.28. The van der Waals surface area contributed by atoms with Crippen molar-refractivity contribution in [1.82, 2.24) is 0 Å². The third-order valence-corrected chi connectivity index (χ3v) is 25.6. The molecule has 14 aromatic carbocycles. The van der Waals surface area contributed by atoms with E-state index in [9.17, 15) is 0 Å². The van der Waals surface area contributed by atoms with Crippen LogP contribution in [-0.2, 0) is 13.1 Å². The molecule has 8 heterocycles. The van der Waals surface area contributed by atoms with Crippen LogP contribution in [0.4, 0.5) is 22.7 Å². The summed E-state index contributed by atoms with van der Waals surface area (Å²) in [7, 11) is 0. The van der Waals surface area contributed by atoms with E-state index in [-0.39, 0.29) is 12.1 Å². The minimum Gasteiger partial charge on any atom is -0.348 e. The molecule has 2 atom stereocenters. The molecule has 0 saturated carbocycles. The summed E-state index contributed by atoms with van der Waals surface area (Å²) in [5, 5.41) is 5.09. The average Bonchev–Trinajstić information content (AvgIpc) is 1.61. The SMILES string of the molecule is CC(C)c1ccc(N2[CH-][n+]3c(-c4cccc5ccccc45)cccc3C2c2ccccc2-c2ccccc2)cc1.CC(C)c1ccc(N2[CH-][n+]3c(-c4ccccc4)cccc3C2c2ccccc2-c2ccccc2)cc1.Cc1cc(C)c(N2[CH-][n+]3c(cccc3-c3cccc4ccccc34)C2)c(C)c1.Cc1cc(C)c(N2[CH-][n+]3c(cccc3-c3ccccc3)C2)c(C)c1. The number of rotatable bonds is 14. The van der Waals surface area contributed by atoms with Crippen molar-refractivity contribution >= 4 is 44.3 Å². The Hall–Kier alpha value is -15.1. The van der Waals surface area contributed by atoms with Crippen LogP contribution in [0.5, 0.6) is 0 Å². The highest BCUT2D eigenvalue weighted by Crippen LogP contribution is 2.46. The molecule has 4 aliphatic rings. The summed E-state index contributed by atoms with van der Waals surface area (Å²) in [6.45, 7) is 33.0. The summed E-state index contributed by atoms with van der Waals surface area (Å²) >= 11 is 0. The van der Waals surface area contributed by atoms with Gasteiger partial charge in [-0.15, -0.1) is 0 Å². The van der Waals surface area contributed by atoms with Gasteiger partial charge in [0, 0.05) is 22.7 Å². The fourth-order valence-corrected chi connectivity index (χ4v) is 19.7. The number of anilines is 4. The van der Waals surface area contributed by atoms with Crippen LogP contribution < -0.4 is 37.9 Å². The van der Waals surface area contributed by atoms with Gasteiger partial charge in [0.15, 0.2) is 0 Å². The minimum atomic E-state index is 0.0243. The molecule has 0 aliphatic carbocycles. The quantitative estimate of drug-likeness (QED) is 0.0801. The van der Waals surface area contributed by atoms with Crippen molar-refractivity contribution in [3.8, 4) is 67.3 Å². The number of benzene rings is 14. The van der Waals surface area contributed by atoms with Crippen LogP contribution in [0.1, 0.15) is 130 Å². The molecular formula is C120H108N8. The summed E-state index contributed by atoms with van der Waals surface area (Å²) in [4.78, 5) is 9.61. The molecular weight excluding hydrogens is 1550 g/mol. The molecule has 0 fully saturated rings. The first-order valence-corrected chi connectivity index (χ1v) is 45.0. The number of aryl methyl sites for hydroxylation is 6. The normalized spacial score (nSPS) is 13.8. The van der Waals surface area contributed by atoms with Crippen LogP contribution in [-0.4, -0.2) is 0 Å². The summed E-state index contributed by atoms with van der Waals surface area (Å²) in [5.41, 5.74) is 38.2. The molecule has 4 aliphatic heterocycles. The maximum absolute atomic E-state index is 2.44. The van der Waals surface area contributed by atoms with E-state index in [1.54, 1.807) is 0 Å². The molecule has 0 amide bonds. The molecule has 128 heavy (non-hydrogen) atoms. The van der Waals surface area contributed by atoms with Crippen molar-refractivity contribution in [1.29, 1.82) is 0 Å². The average molecular weight is 1660 g/mol. The second-order valence-electron chi connectivity index (χ2n) is 35.0. The third kappa shape index (κ3) is 16.5. The summed E-state index contributed by atoms with van der Waals surface area (Å²) in [5.74, 6) is 1.00. The Morgan fingerprint density at radius 3 is 0.977 bits per heavy atom. The number of pyridine rings is 4. The smallest absolute Gasteiger partial charge is 0.145 e. The Bertz CT molecular complexity index is 6990. The molecule has 18 aromatic rings. The second-order valence-corrected chi connectivity index (χ2v) is 35.0. The first-order chi connectivity index (χ1) is 62.6. The van der Waals surface area contributed by atoms with E-state index in [1.165, 1.54) is 190 Å². The Labute approximate surface area is 756 Å². The van der Waals surface area contributed by atoms with Gasteiger partial charge in [-0.2, -0.15) is 0 Å². The molecule has 0 radical (unpaired) electrons. The Morgan fingerprint density at radius 1 is 0.266 bits per heavy atom. The van der Waals surface area contributed by atoms with E-state index in [2.05, 4.69) is 534 Å². The highest BCUT2D eigenvalue weighted by molar-refractivity contribution is 5.96. The fraction of sp³-hybridized carbons (Fsp3) is 0.133. The summed E-state index contributed by atoms with van der Waals surface area (Å²) < 4.78 is 9.41. The molecule has 0 N–H and O–H groups in total. The molecule has 0 spiro atoms. The van der Waals surface area contributed by atoms with E-state index in [4.69, 9.17) is 0 Å². The maximum Gasteiger partial charge on any atom is 0.145 e. The summed E-state index contributed by atoms with van der Waals surface area (Å²) in [6.07, 6.45) is 0. The lowest BCUT2D eigenvalue weighted by atomic mass is 9.92. The molecule has 0 bridgehead atoms. The highest BCUT2D eigenvalue weighted by Gasteiger charge is 2.38. The maximum atomic E-state index is 2.44. The zero-order valence-corrected chi connectivity index (χ0v) is 74.7. The van der Waals surface area contributed by atoms with Crippen molar-refractivity contribution < 1.29 is 18.3 Å². The zero-order chi connectivity index (χ0) is 87.5. The van der Waals surface area contributed by atoms with Crippen molar-refractivity contribution in [3.63, 3.8) is 0 Å². The van der Waals surface area contributed by atoms with Gasteiger partial charge in [-0.25, -0.2) is 0 Å². The minimum absolute atomic E-state index is 0.0243. The van der Waals surface area contributed by atoms with Crippen LogP contribution >= 0.6 is 0 Å². The van der Waals surface area contributed by atoms with Gasteiger partial charge in [0.05, 0.1) is 25.2 Å². The first kappa shape index (κ1) is 82.5. The van der Waals surface area contributed by atoms with Gasteiger partial charge in [0.1, 0.15) is 72.2 Å². The van der Waals surface area contributed by atoms with E-state index in [0.717, 1.165) is 13.1 Å². The van der Waals surface area contributed by atoms with Crippen LogP contribution in [0.25, 0.3) is 88.8 Å². The van der Waals surface area contributed by atoms with E-state index in [1.807, 2.05) is 0 Å². The molecule has 2 unspecified atom stereocenters. The number of fused-ring (bicyclic) bond motifs is 6. The van der Waals surface area contributed by atoms with Crippen molar-refractivity contribution in [3.05, 3.63) is 505 Å². The van der Waals surface area contributed by atoms with Crippen molar-refractivity contribution in [2.75, 3.05) is 19.6 Å². The third-order valence-electron chi connectivity index (χ3n) is 25.6. The Kier molecular flexibility index (Phi) is 23.3. The predicted octanol–water partition coefficient (Wildman–Crippen LogP) is 27.4. The lowest BCUT2D eigenvalue weighted by molar-refractivity contribution is -0.619. The van der Waals surface area contributed by atoms with Crippen molar-refractivity contribution in [2.45, 2.75) is 106 Å². The van der Waals surface area contributed by atoms with Crippen LogP contribution in [0, 0.1) is 68.2 Å². The second kappa shape index (κ2) is 36.2. The van der Waals surface area contributed by atoms with E-state index >= 15 is 0 Å². The van der Waals surface area contributed by atoms with Gasteiger partial charge in [-0.05, 0) is 225 Å². The number of hydrogen-bond acceptors (Lipinski definition) is 4. The van der Waals surface area contributed by atoms with Crippen molar-refractivity contribution in [2.24, 2.45) is 0 Å². The standard InChI is InChI=1S/C38H32N2.C34H30N2.C26H24N2.C22H22N2/c1-27(2)28-22-24-31(25-23-28)39-26-40-36(34-19-10-15-30-14-6-7-16-32(30)34)20-11-21-37(40)38(39)35-18-9-8-17-33(35)29-12-4-3-5-13-29;1-25(2)26-20-22-29(23-21-26)35-24-36-32(28-14-7-4-8-15-28)18-11-19-33(36)34(35)31-17-10-9-16-30(31)27-12-5-3-6-13-27;1-18-14-19(2)26(20(3)15-18)27-16-22-10-7-13-25(28(22)17-27)24-12-6-9-21-8-4-5-11-23(21)24;1-16-12-17(2)22(18(3)13-16)23-14-20-10-7-11-21(24(20)15-23)19-8-5-4-6-9-19/h3-27,38H,1-2H3;3-25,34H,1-2H3;4-15,17H,16H2,1-3H3;4-13,15H,14H2,1-3H3. The number of hydrogen-bond donors (Lipinski definition) is 0. The Balaban J connectivity index is 0.000000113. The molecule has 8 heteroatoms. The largest absolute Gasteiger partial charge is 0.348 e. The van der Waals surface area contributed by atoms with Gasteiger partial charge in [-0.3, -0.25) is 0 Å². The highest BCUT2D eigenvalue weighted by atomic mass is 15.4. The summed E-state index contributed by atoms with van der Waals surface area (Å²) in [6, 6.07) is 145. The van der Waals surface area contributed by atoms with Gasteiger partial charge in [-0.1, -0.05) is 379 Å². The monoisotopic (exact) mass is 1660 g/mol. The topological polar surface area (TPSA) is 28.5 Å². The van der Waals surface area contributed by atoms with Crippen LogP contribution in [0.3, 0.4) is 0 Å². The molecule has 4 aromatic heterocycles. The molecule has 8 nitrogen and oxygen atoms in total. The Morgan fingerprint density at radius 2 is 0.570 bits per heavy atom. The molecule has 0 saturated heterocycles. The number of nitrogens with zero attached hydrogens (tertiary/aromatic N) is 8. The number of aromatic nitrogens is 4.